The van der Waals surface area contributed by atoms with E-state index < -0.39 is 35.9 Å². The molecule has 0 saturated carbocycles. The van der Waals surface area contributed by atoms with Crippen LogP contribution in [0.2, 0.25) is 0 Å². The molecule has 1 unspecified atom stereocenters. The van der Waals surface area contributed by atoms with Gasteiger partial charge in [0.1, 0.15) is 11.6 Å². The van der Waals surface area contributed by atoms with Crippen molar-refractivity contribution in [3.05, 3.63) is 33.7 Å². The minimum atomic E-state index is -1.36. The fraction of sp³-hybridized carbons (Fsp3) is 0.333. The quantitative estimate of drug-likeness (QED) is 0.567. The molecule has 0 radical (unpaired) electrons. The third kappa shape index (κ3) is 4.23. The van der Waals surface area contributed by atoms with Gasteiger partial charge < -0.3 is 20.5 Å². The summed E-state index contributed by atoms with van der Waals surface area (Å²) in [5, 5.41) is 19.5. The summed E-state index contributed by atoms with van der Waals surface area (Å²) in [6, 6.07) is 1.42. The smallest absolute Gasteiger partial charge is 0.326 e. The molecule has 4 N–H and O–H groups in total. The number of carbonyl (C=O) groups is 3. The molecule has 0 spiro atoms. The third-order valence-corrected chi connectivity index (χ3v) is 2.55. The van der Waals surface area contributed by atoms with E-state index in [-0.39, 0.29) is 12.0 Å². The molecule has 0 aliphatic rings. The molecule has 0 saturated heterocycles. The van der Waals surface area contributed by atoms with E-state index in [0.29, 0.717) is 5.69 Å². The number of H-pyrrole nitrogens is 1. The molecule has 1 aromatic heterocycles. The Morgan fingerprint density at radius 3 is 2.45 bits per heavy atom. The maximum absolute atomic E-state index is 11.8. The van der Waals surface area contributed by atoms with Gasteiger partial charge in [-0.2, -0.15) is 0 Å². The molecule has 0 aliphatic heterocycles. The summed E-state index contributed by atoms with van der Waals surface area (Å²) in [6.07, 6.45) is -0.665. The first-order valence-electron chi connectivity index (χ1n) is 5.76. The number of hydrogen-bond acceptors (Lipinski definition) is 4. The Kier molecular flexibility index (Phi) is 5.01. The number of aromatic nitrogens is 1. The van der Waals surface area contributed by atoms with Crippen LogP contribution >= 0.6 is 0 Å². The standard InChI is InChI=1S/C12H14N2O6/c1-6-2-3-7(10(17)13-6)11(18)14-8(12(19)20)4-5-9(15)16/h2-3,8H,4-5H2,1H3,(H,13,17)(H,14,18)(H,15,16)(H,19,20). The van der Waals surface area contributed by atoms with Gasteiger partial charge in [0.15, 0.2) is 0 Å². The molecular formula is C12H14N2O6. The van der Waals surface area contributed by atoms with E-state index in [0.717, 1.165) is 0 Å². The van der Waals surface area contributed by atoms with Crippen LogP contribution in [0.5, 0.6) is 0 Å². The lowest BCUT2D eigenvalue weighted by molar-refractivity contribution is -0.140. The Balaban J connectivity index is 2.82. The normalized spacial score (nSPS) is 11.7. The number of rotatable bonds is 6. The first-order chi connectivity index (χ1) is 9.31. The van der Waals surface area contributed by atoms with Gasteiger partial charge in [0.05, 0.1) is 0 Å². The van der Waals surface area contributed by atoms with Gasteiger partial charge in [-0.25, -0.2) is 4.79 Å². The number of carbonyl (C=O) groups excluding carboxylic acids is 1. The Morgan fingerprint density at radius 1 is 1.30 bits per heavy atom. The zero-order chi connectivity index (χ0) is 15.3. The Bertz CT molecular complexity index is 592. The minimum absolute atomic E-state index is 0.225. The average Bonchev–Trinajstić information content (AvgIpc) is 2.33. The van der Waals surface area contributed by atoms with Crippen molar-refractivity contribution >= 4 is 17.8 Å². The fourth-order valence-electron chi connectivity index (χ4n) is 1.51. The van der Waals surface area contributed by atoms with E-state index in [1.54, 1.807) is 6.92 Å². The molecule has 1 heterocycles. The zero-order valence-electron chi connectivity index (χ0n) is 10.7. The molecule has 8 heteroatoms. The monoisotopic (exact) mass is 282 g/mol. The number of aryl methyl sites for hydroxylation is 1. The lowest BCUT2D eigenvalue weighted by Gasteiger charge is -2.13. The number of aliphatic carboxylic acids is 2. The van der Waals surface area contributed by atoms with Crippen molar-refractivity contribution in [2.75, 3.05) is 0 Å². The molecule has 1 amide bonds. The van der Waals surface area contributed by atoms with Crippen molar-refractivity contribution in [3.8, 4) is 0 Å². The SMILES string of the molecule is Cc1ccc(C(=O)NC(CCC(=O)O)C(=O)O)c(=O)[nH]1. The van der Waals surface area contributed by atoms with Crippen molar-refractivity contribution in [1.82, 2.24) is 10.3 Å². The van der Waals surface area contributed by atoms with Crippen LogP contribution in [0.4, 0.5) is 0 Å². The van der Waals surface area contributed by atoms with E-state index in [1.807, 2.05) is 0 Å². The van der Waals surface area contributed by atoms with Crippen molar-refractivity contribution in [3.63, 3.8) is 0 Å². The summed E-state index contributed by atoms with van der Waals surface area (Å²) in [5.74, 6) is -3.38. The van der Waals surface area contributed by atoms with Crippen molar-refractivity contribution < 1.29 is 24.6 Å². The molecular weight excluding hydrogens is 268 g/mol. The van der Waals surface area contributed by atoms with Crippen molar-refractivity contribution in [2.45, 2.75) is 25.8 Å². The first-order valence-corrected chi connectivity index (χ1v) is 5.76. The highest BCUT2D eigenvalue weighted by Crippen LogP contribution is 2.01. The predicted octanol–water partition coefficient (Wildman–Crippen LogP) is -0.269. The van der Waals surface area contributed by atoms with Gasteiger partial charge in [-0.05, 0) is 25.5 Å². The van der Waals surface area contributed by atoms with Crippen LogP contribution in [0.25, 0.3) is 0 Å². The molecule has 0 aromatic carbocycles. The number of amides is 1. The summed E-state index contributed by atoms with van der Waals surface area (Å²) in [6.45, 7) is 1.63. The summed E-state index contributed by atoms with van der Waals surface area (Å²) in [4.78, 5) is 47.1. The number of hydrogen-bond donors (Lipinski definition) is 4. The summed E-state index contributed by atoms with van der Waals surface area (Å²) < 4.78 is 0. The van der Waals surface area contributed by atoms with Gasteiger partial charge >= 0.3 is 11.9 Å². The molecule has 108 valence electrons. The number of nitrogens with one attached hydrogen (secondary N) is 2. The van der Waals surface area contributed by atoms with Crippen LogP contribution in [0.3, 0.4) is 0 Å². The Hall–Kier alpha value is -2.64. The predicted molar refractivity (Wildman–Crippen MR) is 67.6 cm³/mol. The van der Waals surface area contributed by atoms with Crippen LogP contribution in [0.1, 0.15) is 28.9 Å². The molecule has 1 atom stereocenters. The van der Waals surface area contributed by atoms with E-state index in [1.165, 1.54) is 12.1 Å². The van der Waals surface area contributed by atoms with Gasteiger partial charge in [0.2, 0.25) is 0 Å². The molecule has 0 aliphatic carbocycles. The molecule has 1 aromatic rings. The van der Waals surface area contributed by atoms with Crippen molar-refractivity contribution in [2.24, 2.45) is 0 Å². The second-order valence-corrected chi connectivity index (χ2v) is 4.18. The second kappa shape index (κ2) is 6.50. The highest BCUT2D eigenvalue weighted by Gasteiger charge is 2.22. The molecule has 0 bridgehead atoms. The lowest BCUT2D eigenvalue weighted by atomic mass is 10.1. The van der Waals surface area contributed by atoms with Crippen LogP contribution in [0, 0.1) is 6.92 Å². The van der Waals surface area contributed by atoms with E-state index >= 15 is 0 Å². The van der Waals surface area contributed by atoms with Crippen LogP contribution < -0.4 is 10.9 Å². The highest BCUT2D eigenvalue weighted by molar-refractivity contribution is 5.96. The number of carboxylic acid groups (broad SMARTS) is 2. The molecule has 1 rings (SSSR count). The Morgan fingerprint density at radius 2 is 1.95 bits per heavy atom. The van der Waals surface area contributed by atoms with Gasteiger partial charge in [-0.15, -0.1) is 0 Å². The van der Waals surface area contributed by atoms with E-state index in [2.05, 4.69) is 10.3 Å². The molecule has 20 heavy (non-hydrogen) atoms. The van der Waals surface area contributed by atoms with Gasteiger partial charge in [-0.1, -0.05) is 0 Å². The summed E-state index contributed by atoms with van der Waals surface area (Å²) in [7, 11) is 0. The summed E-state index contributed by atoms with van der Waals surface area (Å²) in [5.41, 5.74) is -0.297. The maximum Gasteiger partial charge on any atom is 0.326 e. The molecule has 8 nitrogen and oxygen atoms in total. The summed E-state index contributed by atoms with van der Waals surface area (Å²) >= 11 is 0. The van der Waals surface area contributed by atoms with Crippen molar-refractivity contribution in [1.29, 1.82) is 0 Å². The topological polar surface area (TPSA) is 137 Å². The van der Waals surface area contributed by atoms with Gasteiger partial charge in [0.25, 0.3) is 11.5 Å². The third-order valence-electron chi connectivity index (χ3n) is 2.55. The van der Waals surface area contributed by atoms with Gasteiger partial charge in [-0.3, -0.25) is 14.4 Å². The fourth-order valence-corrected chi connectivity index (χ4v) is 1.51. The maximum atomic E-state index is 11.8. The van der Waals surface area contributed by atoms with Crippen LogP contribution in [0.15, 0.2) is 16.9 Å². The number of aromatic amines is 1. The van der Waals surface area contributed by atoms with E-state index in [4.69, 9.17) is 10.2 Å². The number of pyridine rings is 1. The minimum Gasteiger partial charge on any atom is -0.481 e. The first kappa shape index (κ1) is 15.4. The lowest BCUT2D eigenvalue weighted by Crippen LogP contribution is -2.42. The zero-order valence-corrected chi connectivity index (χ0v) is 10.7. The number of carboxylic acids is 2. The van der Waals surface area contributed by atoms with Crippen LogP contribution in [-0.4, -0.2) is 39.1 Å². The molecule has 0 fully saturated rings. The van der Waals surface area contributed by atoms with Gasteiger partial charge in [0, 0.05) is 12.1 Å². The Labute approximate surface area is 113 Å². The average molecular weight is 282 g/mol. The van der Waals surface area contributed by atoms with E-state index in [9.17, 15) is 19.2 Å². The highest BCUT2D eigenvalue weighted by atomic mass is 16.4. The largest absolute Gasteiger partial charge is 0.481 e. The second-order valence-electron chi connectivity index (χ2n) is 4.18. The van der Waals surface area contributed by atoms with Crippen LogP contribution in [-0.2, 0) is 9.59 Å².